The number of nitrogens with zero attached hydrogens (tertiary/aromatic N) is 3. The molecule has 1 aliphatic rings. The van der Waals surface area contributed by atoms with E-state index in [1.807, 2.05) is 29.2 Å². The van der Waals surface area contributed by atoms with Gasteiger partial charge >= 0.3 is 6.01 Å². The predicted octanol–water partition coefficient (Wildman–Crippen LogP) is 2.69. The van der Waals surface area contributed by atoms with Crippen molar-refractivity contribution in [1.29, 1.82) is 0 Å². The lowest BCUT2D eigenvalue weighted by Gasteiger charge is -2.15. The Morgan fingerprint density at radius 1 is 1.37 bits per heavy atom. The summed E-state index contributed by atoms with van der Waals surface area (Å²) in [7, 11) is 0. The maximum absolute atomic E-state index is 6.08. The highest BCUT2D eigenvalue weighted by molar-refractivity contribution is 6.32. The van der Waals surface area contributed by atoms with Crippen LogP contribution in [0.4, 0.5) is 6.01 Å². The third kappa shape index (κ3) is 2.66. The molecule has 2 aromatic rings. The van der Waals surface area contributed by atoms with Crippen molar-refractivity contribution in [2.45, 2.75) is 19.4 Å². The maximum Gasteiger partial charge on any atom is 0.318 e. The van der Waals surface area contributed by atoms with E-state index in [9.17, 15) is 0 Å². The fourth-order valence-corrected chi connectivity index (χ4v) is 2.31. The highest BCUT2D eigenvalue weighted by Crippen LogP contribution is 2.27. The third-order valence-electron chi connectivity index (χ3n) is 3.06. The van der Waals surface area contributed by atoms with Gasteiger partial charge in [0.15, 0.2) is 0 Å². The van der Waals surface area contributed by atoms with Crippen LogP contribution in [0.5, 0.6) is 5.75 Å². The number of hydrogen-bond acceptors (Lipinski definition) is 5. The quantitative estimate of drug-likeness (QED) is 0.865. The van der Waals surface area contributed by atoms with E-state index in [0.29, 0.717) is 16.9 Å². The molecule has 0 amide bonds. The van der Waals surface area contributed by atoms with Crippen molar-refractivity contribution in [3.63, 3.8) is 0 Å². The molecular formula is C13H14ClN3O2. The number of halogens is 1. The van der Waals surface area contributed by atoms with E-state index in [1.165, 1.54) is 0 Å². The number of anilines is 1. The van der Waals surface area contributed by atoms with Crippen molar-refractivity contribution in [2.24, 2.45) is 0 Å². The minimum Gasteiger partial charge on any atom is -0.487 e. The van der Waals surface area contributed by atoms with Gasteiger partial charge in [-0.3, -0.25) is 0 Å². The predicted molar refractivity (Wildman–Crippen MR) is 71.7 cm³/mol. The number of benzene rings is 1. The highest BCUT2D eigenvalue weighted by Gasteiger charge is 2.27. The number of aryl methyl sites for hydroxylation is 1. The molecule has 1 aliphatic heterocycles. The van der Waals surface area contributed by atoms with Crippen LogP contribution in [0.3, 0.4) is 0 Å². The zero-order valence-electron chi connectivity index (χ0n) is 10.5. The molecule has 5 nitrogen and oxygen atoms in total. The Kier molecular flexibility index (Phi) is 3.29. The van der Waals surface area contributed by atoms with Crippen molar-refractivity contribution in [3.8, 4) is 5.75 Å². The summed E-state index contributed by atoms with van der Waals surface area (Å²) in [6.45, 7) is 3.36. The minimum atomic E-state index is 0.0899. The van der Waals surface area contributed by atoms with Gasteiger partial charge in [0.25, 0.3) is 0 Å². The van der Waals surface area contributed by atoms with E-state index in [0.717, 1.165) is 25.3 Å². The van der Waals surface area contributed by atoms with Gasteiger partial charge in [-0.25, -0.2) is 0 Å². The van der Waals surface area contributed by atoms with Gasteiger partial charge in [-0.15, -0.1) is 5.10 Å². The largest absolute Gasteiger partial charge is 0.487 e. The van der Waals surface area contributed by atoms with Crippen molar-refractivity contribution in [3.05, 3.63) is 35.2 Å². The summed E-state index contributed by atoms with van der Waals surface area (Å²) in [4.78, 5) is 2.03. The van der Waals surface area contributed by atoms with Crippen molar-refractivity contribution >= 4 is 17.6 Å². The lowest BCUT2D eigenvalue weighted by atomic mass is 10.3. The fraction of sp³-hybridized carbons (Fsp3) is 0.385. The molecule has 1 fully saturated rings. The van der Waals surface area contributed by atoms with Crippen LogP contribution in [0.1, 0.15) is 12.3 Å². The maximum atomic E-state index is 6.08. The van der Waals surface area contributed by atoms with Crippen LogP contribution in [-0.2, 0) is 0 Å². The van der Waals surface area contributed by atoms with Gasteiger partial charge in [0, 0.05) is 19.9 Å². The standard InChI is InChI=1S/C13H14ClN3O2/c1-9-15-16-13(18-9)17-7-6-10(8-17)19-12-5-3-2-4-11(12)14/h2-5,10H,6-8H2,1H3. The number of para-hydroxylation sites is 1. The van der Waals surface area contributed by atoms with Gasteiger partial charge in [0.1, 0.15) is 11.9 Å². The lowest BCUT2D eigenvalue weighted by molar-refractivity contribution is 0.224. The Labute approximate surface area is 116 Å². The summed E-state index contributed by atoms with van der Waals surface area (Å²) >= 11 is 6.08. The average Bonchev–Trinajstić information content (AvgIpc) is 3.01. The van der Waals surface area contributed by atoms with Crippen LogP contribution in [-0.4, -0.2) is 29.4 Å². The van der Waals surface area contributed by atoms with E-state index in [4.69, 9.17) is 20.8 Å². The molecule has 0 saturated carbocycles. The smallest absolute Gasteiger partial charge is 0.318 e. The highest BCUT2D eigenvalue weighted by atomic mass is 35.5. The summed E-state index contributed by atoms with van der Waals surface area (Å²) < 4.78 is 11.3. The molecule has 0 N–H and O–H groups in total. The van der Waals surface area contributed by atoms with Gasteiger partial charge in [-0.2, -0.15) is 0 Å². The van der Waals surface area contributed by atoms with Crippen LogP contribution in [0.2, 0.25) is 5.02 Å². The van der Waals surface area contributed by atoms with Crippen molar-refractivity contribution < 1.29 is 9.15 Å². The molecule has 1 atom stereocenters. The number of rotatable bonds is 3. The zero-order chi connectivity index (χ0) is 13.2. The van der Waals surface area contributed by atoms with Crippen LogP contribution in [0.15, 0.2) is 28.7 Å². The Balaban J connectivity index is 1.65. The molecule has 100 valence electrons. The molecule has 19 heavy (non-hydrogen) atoms. The number of ether oxygens (including phenoxy) is 1. The first kappa shape index (κ1) is 12.3. The number of aromatic nitrogens is 2. The van der Waals surface area contributed by atoms with Crippen LogP contribution in [0, 0.1) is 6.92 Å². The Morgan fingerprint density at radius 3 is 2.95 bits per heavy atom. The Morgan fingerprint density at radius 2 is 2.21 bits per heavy atom. The SMILES string of the molecule is Cc1nnc(N2CCC(Oc3ccccc3Cl)C2)o1. The first-order valence-electron chi connectivity index (χ1n) is 6.18. The van der Waals surface area contributed by atoms with E-state index < -0.39 is 0 Å². The van der Waals surface area contributed by atoms with Gasteiger partial charge in [-0.1, -0.05) is 28.8 Å². The zero-order valence-corrected chi connectivity index (χ0v) is 11.3. The van der Waals surface area contributed by atoms with E-state index in [1.54, 1.807) is 6.92 Å². The van der Waals surface area contributed by atoms with Gasteiger partial charge in [0.2, 0.25) is 5.89 Å². The van der Waals surface area contributed by atoms with Gasteiger partial charge < -0.3 is 14.1 Å². The van der Waals surface area contributed by atoms with Gasteiger partial charge in [0.05, 0.1) is 11.6 Å². The second kappa shape index (κ2) is 5.09. The third-order valence-corrected chi connectivity index (χ3v) is 3.37. The molecule has 1 aromatic heterocycles. The molecule has 0 spiro atoms. The molecule has 3 rings (SSSR count). The molecule has 1 saturated heterocycles. The second-order valence-corrected chi connectivity index (χ2v) is 4.92. The van der Waals surface area contributed by atoms with E-state index >= 15 is 0 Å². The average molecular weight is 280 g/mol. The van der Waals surface area contributed by atoms with Gasteiger partial charge in [-0.05, 0) is 12.1 Å². The Bertz CT molecular complexity index is 573. The topological polar surface area (TPSA) is 51.4 Å². The minimum absolute atomic E-state index is 0.0899. The molecule has 0 radical (unpaired) electrons. The first-order valence-corrected chi connectivity index (χ1v) is 6.56. The molecular weight excluding hydrogens is 266 g/mol. The lowest BCUT2D eigenvalue weighted by Crippen LogP contribution is -2.24. The molecule has 1 aromatic carbocycles. The van der Waals surface area contributed by atoms with E-state index in [-0.39, 0.29) is 6.10 Å². The Hall–Kier alpha value is -1.75. The molecule has 6 heteroatoms. The first-order chi connectivity index (χ1) is 9.22. The van der Waals surface area contributed by atoms with Crippen molar-refractivity contribution in [2.75, 3.05) is 18.0 Å². The second-order valence-electron chi connectivity index (χ2n) is 4.51. The summed E-state index contributed by atoms with van der Waals surface area (Å²) in [6.07, 6.45) is 0.999. The summed E-state index contributed by atoms with van der Waals surface area (Å²) in [5, 5.41) is 8.48. The van der Waals surface area contributed by atoms with Crippen LogP contribution >= 0.6 is 11.6 Å². The normalized spacial score (nSPS) is 18.8. The monoisotopic (exact) mass is 279 g/mol. The summed E-state index contributed by atoms with van der Waals surface area (Å²) in [6, 6.07) is 8.06. The van der Waals surface area contributed by atoms with E-state index in [2.05, 4.69) is 10.2 Å². The fourth-order valence-electron chi connectivity index (χ4n) is 2.13. The molecule has 2 heterocycles. The van der Waals surface area contributed by atoms with Crippen LogP contribution < -0.4 is 9.64 Å². The van der Waals surface area contributed by atoms with Crippen LogP contribution in [0.25, 0.3) is 0 Å². The summed E-state index contributed by atoms with van der Waals surface area (Å²) in [5.41, 5.74) is 0. The molecule has 1 unspecified atom stereocenters. The number of hydrogen-bond donors (Lipinski definition) is 0. The summed E-state index contributed by atoms with van der Waals surface area (Å²) in [5.74, 6) is 1.29. The molecule has 0 aliphatic carbocycles. The molecule has 0 bridgehead atoms. The van der Waals surface area contributed by atoms with Crippen molar-refractivity contribution in [1.82, 2.24) is 10.2 Å².